The molecule has 0 spiro atoms. The highest BCUT2D eigenvalue weighted by molar-refractivity contribution is 5.80. The molecule has 4 nitrogen and oxygen atoms in total. The lowest BCUT2D eigenvalue weighted by Crippen LogP contribution is -2.45. The number of aryl methyl sites for hydroxylation is 1. The van der Waals surface area contributed by atoms with Crippen molar-refractivity contribution in [1.29, 1.82) is 0 Å². The number of carbonyl (C=O) groups excluding carboxylic acids is 1. The van der Waals surface area contributed by atoms with Crippen molar-refractivity contribution in [1.82, 2.24) is 0 Å². The van der Waals surface area contributed by atoms with Crippen molar-refractivity contribution >= 4 is 5.97 Å². The molecule has 0 heterocycles. The third-order valence-corrected chi connectivity index (χ3v) is 4.83. The number of carbonyl (C=O) groups is 1. The van der Waals surface area contributed by atoms with E-state index in [0.29, 0.717) is 31.2 Å². The van der Waals surface area contributed by atoms with E-state index in [1.54, 1.807) is 6.92 Å². The quantitative estimate of drug-likeness (QED) is 0.607. The summed E-state index contributed by atoms with van der Waals surface area (Å²) in [4.78, 5) is 12.7. The first kappa shape index (κ1) is 22.0. The second kappa shape index (κ2) is 10.3. The van der Waals surface area contributed by atoms with Crippen molar-refractivity contribution in [2.75, 3.05) is 13.2 Å². The molecule has 1 unspecified atom stereocenters. The molecule has 2 N–H and O–H groups in total. The molecule has 152 valence electrons. The summed E-state index contributed by atoms with van der Waals surface area (Å²) in [5, 5.41) is 0. The molecule has 28 heavy (non-hydrogen) atoms. The van der Waals surface area contributed by atoms with Gasteiger partial charge in [0.15, 0.2) is 0 Å². The molecule has 2 rings (SSSR count). The van der Waals surface area contributed by atoms with Crippen LogP contribution in [0.2, 0.25) is 0 Å². The van der Waals surface area contributed by atoms with E-state index < -0.39 is 5.60 Å². The predicted molar refractivity (Wildman–Crippen MR) is 114 cm³/mol. The molecule has 0 saturated carbocycles. The molecule has 0 aliphatic carbocycles. The fourth-order valence-corrected chi connectivity index (χ4v) is 3.13. The highest BCUT2D eigenvalue weighted by Crippen LogP contribution is 2.26. The largest absolute Gasteiger partial charge is 0.476 e. The number of ether oxygens (including phenoxy) is 2. The van der Waals surface area contributed by atoms with E-state index in [9.17, 15) is 4.79 Å². The Morgan fingerprint density at radius 2 is 1.64 bits per heavy atom. The second-order valence-electron chi connectivity index (χ2n) is 7.66. The van der Waals surface area contributed by atoms with Gasteiger partial charge in [0.1, 0.15) is 5.75 Å². The van der Waals surface area contributed by atoms with Crippen LogP contribution in [-0.2, 0) is 22.4 Å². The zero-order valence-electron chi connectivity index (χ0n) is 17.5. The number of benzene rings is 2. The van der Waals surface area contributed by atoms with E-state index in [1.165, 1.54) is 11.1 Å². The van der Waals surface area contributed by atoms with E-state index in [0.717, 1.165) is 18.4 Å². The second-order valence-corrected chi connectivity index (χ2v) is 7.66. The van der Waals surface area contributed by atoms with Crippen molar-refractivity contribution in [3.63, 3.8) is 0 Å². The van der Waals surface area contributed by atoms with Crippen LogP contribution in [0.4, 0.5) is 0 Å². The van der Waals surface area contributed by atoms with Crippen molar-refractivity contribution < 1.29 is 14.3 Å². The summed E-state index contributed by atoms with van der Waals surface area (Å²) < 4.78 is 11.5. The summed E-state index contributed by atoms with van der Waals surface area (Å²) in [5.41, 5.74) is 8.01. The van der Waals surface area contributed by atoms with Gasteiger partial charge in [-0.25, -0.2) is 4.79 Å². The van der Waals surface area contributed by atoms with Gasteiger partial charge in [0, 0.05) is 6.42 Å². The van der Waals surface area contributed by atoms with Crippen LogP contribution >= 0.6 is 0 Å². The van der Waals surface area contributed by atoms with Crippen molar-refractivity contribution in [2.24, 2.45) is 5.73 Å². The molecule has 0 bridgehead atoms. The van der Waals surface area contributed by atoms with E-state index in [-0.39, 0.29) is 5.97 Å². The van der Waals surface area contributed by atoms with Gasteiger partial charge in [-0.15, -0.1) is 0 Å². The lowest BCUT2D eigenvalue weighted by molar-refractivity contribution is -0.160. The highest BCUT2D eigenvalue weighted by Gasteiger charge is 2.37. The van der Waals surface area contributed by atoms with Crippen LogP contribution in [0, 0.1) is 0 Å². The Labute approximate surface area is 169 Å². The predicted octanol–water partition coefficient (Wildman–Crippen LogP) is 4.64. The van der Waals surface area contributed by atoms with Gasteiger partial charge in [-0.3, -0.25) is 0 Å². The van der Waals surface area contributed by atoms with Crippen molar-refractivity contribution in [3.05, 3.63) is 65.2 Å². The Kier molecular flexibility index (Phi) is 8.06. The first-order chi connectivity index (χ1) is 13.4. The Bertz CT molecular complexity index is 737. The summed E-state index contributed by atoms with van der Waals surface area (Å²) in [6.45, 7) is 8.91. The van der Waals surface area contributed by atoms with Crippen LogP contribution in [-0.4, -0.2) is 24.7 Å². The molecule has 0 saturated heterocycles. The topological polar surface area (TPSA) is 61.5 Å². The van der Waals surface area contributed by atoms with E-state index >= 15 is 0 Å². The van der Waals surface area contributed by atoms with E-state index in [1.807, 2.05) is 31.2 Å². The molecule has 2 aromatic rings. The molecule has 0 aromatic heterocycles. The minimum Gasteiger partial charge on any atom is -0.476 e. The average Bonchev–Trinajstić information content (AvgIpc) is 2.68. The van der Waals surface area contributed by atoms with Crippen LogP contribution in [0.3, 0.4) is 0 Å². The Morgan fingerprint density at radius 1 is 1.04 bits per heavy atom. The summed E-state index contributed by atoms with van der Waals surface area (Å²) in [6.07, 6.45) is 2.37. The maximum Gasteiger partial charge on any atom is 0.350 e. The van der Waals surface area contributed by atoms with E-state index in [2.05, 4.69) is 38.1 Å². The number of esters is 1. The van der Waals surface area contributed by atoms with Gasteiger partial charge in [-0.05, 0) is 68.0 Å². The van der Waals surface area contributed by atoms with Crippen molar-refractivity contribution in [2.45, 2.75) is 58.5 Å². The molecular weight excluding hydrogens is 350 g/mol. The lowest BCUT2D eigenvalue weighted by Gasteiger charge is -2.29. The number of nitrogens with two attached hydrogens (primary N) is 1. The molecule has 1 atom stereocenters. The van der Waals surface area contributed by atoms with Crippen LogP contribution in [0.1, 0.15) is 56.7 Å². The molecule has 4 heteroatoms. The summed E-state index contributed by atoms with van der Waals surface area (Å²) in [6, 6.07) is 16.2. The molecule has 2 aromatic carbocycles. The van der Waals surface area contributed by atoms with Crippen LogP contribution in [0.5, 0.6) is 5.75 Å². The smallest absolute Gasteiger partial charge is 0.350 e. The SMILES string of the molecule is CCOC(=O)C(C)(Cc1ccc(CCCN)cc1)Oc1ccc(C(C)C)cc1. The third-order valence-electron chi connectivity index (χ3n) is 4.83. The first-order valence-corrected chi connectivity index (χ1v) is 10.1. The molecule has 0 radical (unpaired) electrons. The minimum absolute atomic E-state index is 0.322. The zero-order chi connectivity index (χ0) is 20.6. The molecular formula is C24H33NO3. The maximum absolute atomic E-state index is 12.7. The molecule has 0 amide bonds. The molecule has 0 aliphatic heterocycles. The number of hydrogen-bond donors (Lipinski definition) is 1. The zero-order valence-corrected chi connectivity index (χ0v) is 17.5. The fourth-order valence-electron chi connectivity index (χ4n) is 3.13. The molecule has 0 aliphatic rings. The van der Waals surface area contributed by atoms with Gasteiger partial charge in [-0.1, -0.05) is 50.2 Å². The van der Waals surface area contributed by atoms with E-state index in [4.69, 9.17) is 15.2 Å². The summed E-state index contributed by atoms with van der Waals surface area (Å²) in [5.74, 6) is 0.762. The number of rotatable bonds is 10. The first-order valence-electron chi connectivity index (χ1n) is 10.1. The monoisotopic (exact) mass is 383 g/mol. The van der Waals surface area contributed by atoms with Gasteiger partial charge >= 0.3 is 5.97 Å². The number of hydrogen-bond acceptors (Lipinski definition) is 4. The van der Waals surface area contributed by atoms with Gasteiger partial charge in [0.05, 0.1) is 6.61 Å². The van der Waals surface area contributed by atoms with Gasteiger partial charge in [0.2, 0.25) is 5.60 Å². The summed E-state index contributed by atoms with van der Waals surface area (Å²) >= 11 is 0. The standard InChI is InChI=1S/C24H33NO3/c1-5-27-23(26)24(4,28-22-14-12-21(13-15-22)18(2)3)17-20-10-8-19(9-11-20)7-6-16-25/h8-15,18H,5-7,16-17,25H2,1-4H3. The van der Waals surface area contributed by atoms with Crippen LogP contribution < -0.4 is 10.5 Å². The fraction of sp³-hybridized carbons (Fsp3) is 0.458. The Hall–Kier alpha value is -2.33. The third kappa shape index (κ3) is 6.10. The van der Waals surface area contributed by atoms with Crippen molar-refractivity contribution in [3.8, 4) is 5.75 Å². The molecule has 0 fully saturated rings. The minimum atomic E-state index is -1.09. The Balaban J connectivity index is 2.18. The lowest BCUT2D eigenvalue weighted by atomic mass is 9.94. The average molecular weight is 384 g/mol. The van der Waals surface area contributed by atoms with Gasteiger partial charge < -0.3 is 15.2 Å². The summed E-state index contributed by atoms with van der Waals surface area (Å²) in [7, 11) is 0. The van der Waals surface area contributed by atoms with Gasteiger partial charge in [-0.2, -0.15) is 0 Å². The van der Waals surface area contributed by atoms with Crippen LogP contribution in [0.15, 0.2) is 48.5 Å². The normalized spacial score (nSPS) is 13.2. The van der Waals surface area contributed by atoms with Gasteiger partial charge in [0.25, 0.3) is 0 Å². The Morgan fingerprint density at radius 3 is 2.18 bits per heavy atom. The highest BCUT2D eigenvalue weighted by atomic mass is 16.6. The van der Waals surface area contributed by atoms with Crippen LogP contribution in [0.25, 0.3) is 0 Å². The maximum atomic E-state index is 12.7.